The minimum Gasteiger partial charge on any atom is -0.488 e. The zero-order valence-corrected chi connectivity index (χ0v) is 18.3. The molecule has 0 atom stereocenters. The zero-order valence-electron chi connectivity index (χ0n) is 16.8. The number of carbonyl (C=O) groups is 2. The maximum absolute atomic E-state index is 12.9. The standard InChI is InChI=1S/C23H15Cl2N3O5/c24-16-7-6-14(20(25)12-16)13-33-21-9-8-18(28(31)32)10-15(21)11-19-22(29)26-27(23(19)30)17-4-2-1-3-5-17/h1-12H,13H2,(H,26,29). The second kappa shape index (κ2) is 9.32. The van der Waals surface area contributed by atoms with E-state index >= 15 is 0 Å². The Hall–Kier alpha value is -3.88. The number of nitrogens with zero attached hydrogens (tertiary/aromatic N) is 2. The fourth-order valence-corrected chi connectivity index (χ4v) is 3.62. The first-order valence-corrected chi connectivity index (χ1v) is 10.4. The number of hydrazine groups is 1. The van der Waals surface area contributed by atoms with E-state index in [-0.39, 0.29) is 29.2 Å². The molecule has 166 valence electrons. The van der Waals surface area contributed by atoms with Crippen molar-refractivity contribution in [3.05, 3.63) is 104 Å². The number of nitro groups is 1. The van der Waals surface area contributed by atoms with E-state index in [9.17, 15) is 19.7 Å². The van der Waals surface area contributed by atoms with Crippen molar-refractivity contribution in [1.82, 2.24) is 5.43 Å². The van der Waals surface area contributed by atoms with Crippen molar-refractivity contribution in [1.29, 1.82) is 0 Å². The molecule has 0 saturated carbocycles. The summed E-state index contributed by atoms with van der Waals surface area (Å²) in [5.41, 5.74) is 3.40. The predicted molar refractivity (Wildman–Crippen MR) is 124 cm³/mol. The number of rotatable bonds is 6. The molecule has 0 aromatic heterocycles. The monoisotopic (exact) mass is 483 g/mol. The quantitative estimate of drug-likeness (QED) is 0.231. The molecule has 8 nitrogen and oxygen atoms in total. The van der Waals surface area contributed by atoms with Gasteiger partial charge in [-0.3, -0.25) is 25.1 Å². The van der Waals surface area contributed by atoms with Crippen molar-refractivity contribution >= 4 is 52.5 Å². The molecule has 10 heteroatoms. The highest BCUT2D eigenvalue weighted by molar-refractivity contribution is 6.35. The van der Waals surface area contributed by atoms with Crippen molar-refractivity contribution in [3.8, 4) is 5.75 Å². The van der Waals surface area contributed by atoms with Gasteiger partial charge in [0.1, 0.15) is 17.9 Å². The second-order valence-corrected chi connectivity index (χ2v) is 7.82. The first-order chi connectivity index (χ1) is 15.8. The number of carbonyl (C=O) groups excluding carboxylic acids is 2. The highest BCUT2D eigenvalue weighted by atomic mass is 35.5. The van der Waals surface area contributed by atoms with E-state index in [0.717, 1.165) is 5.01 Å². The van der Waals surface area contributed by atoms with Gasteiger partial charge in [-0.2, -0.15) is 0 Å². The van der Waals surface area contributed by atoms with E-state index < -0.39 is 16.7 Å². The number of amides is 2. The molecule has 4 rings (SSSR count). The molecule has 1 N–H and O–H groups in total. The summed E-state index contributed by atoms with van der Waals surface area (Å²) in [4.78, 5) is 36.1. The van der Waals surface area contributed by atoms with Crippen molar-refractivity contribution in [2.24, 2.45) is 0 Å². The van der Waals surface area contributed by atoms with E-state index in [2.05, 4.69) is 5.43 Å². The summed E-state index contributed by atoms with van der Waals surface area (Å²) in [5.74, 6) is -0.996. The third-order valence-electron chi connectivity index (χ3n) is 4.81. The molecule has 1 fully saturated rings. The van der Waals surface area contributed by atoms with Crippen LogP contribution in [0.3, 0.4) is 0 Å². The van der Waals surface area contributed by atoms with Gasteiger partial charge in [0.2, 0.25) is 0 Å². The molecule has 33 heavy (non-hydrogen) atoms. The Morgan fingerprint density at radius 3 is 2.48 bits per heavy atom. The summed E-state index contributed by atoms with van der Waals surface area (Å²) < 4.78 is 5.82. The minimum absolute atomic E-state index is 0.0419. The molecule has 3 aromatic carbocycles. The van der Waals surface area contributed by atoms with E-state index in [4.69, 9.17) is 27.9 Å². The van der Waals surface area contributed by atoms with Crippen LogP contribution in [0.25, 0.3) is 6.08 Å². The molecule has 1 aliphatic rings. The molecular formula is C23H15Cl2N3O5. The van der Waals surface area contributed by atoms with Crippen molar-refractivity contribution in [3.63, 3.8) is 0 Å². The van der Waals surface area contributed by atoms with Crippen LogP contribution in [0, 0.1) is 10.1 Å². The van der Waals surface area contributed by atoms with Gasteiger partial charge in [-0.25, -0.2) is 5.01 Å². The van der Waals surface area contributed by atoms with E-state index in [1.807, 2.05) is 0 Å². The van der Waals surface area contributed by atoms with Crippen LogP contribution < -0.4 is 15.2 Å². The lowest BCUT2D eigenvalue weighted by Crippen LogP contribution is -2.35. The van der Waals surface area contributed by atoms with E-state index in [0.29, 0.717) is 21.3 Å². The van der Waals surface area contributed by atoms with E-state index in [1.54, 1.807) is 48.5 Å². The summed E-state index contributed by atoms with van der Waals surface area (Å²) in [5, 5.41) is 13.3. The number of ether oxygens (including phenoxy) is 1. The summed E-state index contributed by atoms with van der Waals surface area (Å²) in [6.45, 7) is 0.0419. The van der Waals surface area contributed by atoms with Crippen molar-refractivity contribution < 1.29 is 19.2 Å². The Bertz CT molecular complexity index is 1290. The lowest BCUT2D eigenvalue weighted by atomic mass is 10.1. The summed E-state index contributed by atoms with van der Waals surface area (Å²) in [6, 6.07) is 17.4. The third-order valence-corrected chi connectivity index (χ3v) is 5.40. The number of non-ortho nitro benzene ring substituents is 1. The number of halogens is 2. The van der Waals surface area contributed by atoms with Crippen LogP contribution in [-0.2, 0) is 16.2 Å². The lowest BCUT2D eigenvalue weighted by Gasteiger charge is -2.14. The number of nitro benzene ring substituents is 1. The number of hydrogen-bond acceptors (Lipinski definition) is 5. The van der Waals surface area contributed by atoms with Gasteiger partial charge in [-0.1, -0.05) is 47.5 Å². The smallest absolute Gasteiger partial charge is 0.282 e. The van der Waals surface area contributed by atoms with Crippen LogP contribution in [0.2, 0.25) is 10.0 Å². The first kappa shape index (κ1) is 22.3. The molecule has 1 heterocycles. The Morgan fingerprint density at radius 2 is 1.79 bits per heavy atom. The minimum atomic E-state index is -0.637. The highest BCUT2D eigenvalue weighted by Crippen LogP contribution is 2.30. The number of para-hydroxylation sites is 1. The van der Waals surface area contributed by atoms with Gasteiger partial charge in [0, 0.05) is 33.3 Å². The van der Waals surface area contributed by atoms with Gasteiger partial charge in [0.15, 0.2) is 0 Å². The highest BCUT2D eigenvalue weighted by Gasteiger charge is 2.34. The third kappa shape index (κ3) is 4.82. The molecule has 1 saturated heterocycles. The largest absolute Gasteiger partial charge is 0.488 e. The normalized spacial score (nSPS) is 14.5. The van der Waals surface area contributed by atoms with Crippen LogP contribution in [-0.4, -0.2) is 16.7 Å². The second-order valence-electron chi connectivity index (χ2n) is 6.98. The molecule has 1 aliphatic heterocycles. The van der Waals surface area contributed by atoms with Gasteiger partial charge < -0.3 is 4.74 Å². The van der Waals surface area contributed by atoms with Gasteiger partial charge in [-0.05, 0) is 36.4 Å². The zero-order chi connectivity index (χ0) is 23.5. The number of benzene rings is 3. The molecule has 2 amide bonds. The molecule has 3 aromatic rings. The number of nitrogens with one attached hydrogen (secondary N) is 1. The summed E-state index contributed by atoms with van der Waals surface area (Å²) in [6.07, 6.45) is 1.27. The molecule has 0 spiro atoms. The molecule has 0 radical (unpaired) electrons. The van der Waals surface area contributed by atoms with Gasteiger partial charge in [0.05, 0.1) is 10.6 Å². The molecule has 0 bridgehead atoms. The molecule has 0 unspecified atom stereocenters. The number of hydrogen-bond donors (Lipinski definition) is 1. The van der Waals surface area contributed by atoms with Crippen LogP contribution in [0.5, 0.6) is 5.75 Å². The van der Waals surface area contributed by atoms with Gasteiger partial charge in [-0.15, -0.1) is 0 Å². The summed E-state index contributed by atoms with van der Waals surface area (Å²) in [7, 11) is 0. The molecule has 0 aliphatic carbocycles. The van der Waals surface area contributed by atoms with Crippen LogP contribution >= 0.6 is 23.2 Å². The van der Waals surface area contributed by atoms with Crippen molar-refractivity contribution in [2.75, 3.05) is 5.01 Å². The van der Waals surface area contributed by atoms with Gasteiger partial charge in [0.25, 0.3) is 17.5 Å². The Morgan fingerprint density at radius 1 is 1.03 bits per heavy atom. The van der Waals surface area contributed by atoms with Crippen LogP contribution in [0.1, 0.15) is 11.1 Å². The Kier molecular flexibility index (Phi) is 6.30. The van der Waals surface area contributed by atoms with Gasteiger partial charge >= 0.3 is 0 Å². The van der Waals surface area contributed by atoms with Crippen LogP contribution in [0.4, 0.5) is 11.4 Å². The Labute approximate surface area is 198 Å². The fourth-order valence-electron chi connectivity index (χ4n) is 3.16. The Balaban J connectivity index is 1.67. The van der Waals surface area contributed by atoms with E-state index in [1.165, 1.54) is 24.3 Å². The molecular weight excluding hydrogens is 469 g/mol. The SMILES string of the molecule is O=C1NN(c2ccccc2)C(=O)C1=Cc1cc([N+](=O)[O-])ccc1OCc1ccc(Cl)cc1Cl. The maximum Gasteiger partial charge on any atom is 0.282 e. The average molecular weight is 484 g/mol. The predicted octanol–water partition coefficient (Wildman–Crippen LogP) is 4.94. The van der Waals surface area contributed by atoms with Crippen LogP contribution in [0.15, 0.2) is 72.3 Å². The first-order valence-electron chi connectivity index (χ1n) is 9.61. The maximum atomic E-state index is 12.9. The van der Waals surface area contributed by atoms with Crippen molar-refractivity contribution in [2.45, 2.75) is 6.61 Å². The topological polar surface area (TPSA) is 102 Å². The summed E-state index contributed by atoms with van der Waals surface area (Å²) >= 11 is 12.1. The lowest BCUT2D eigenvalue weighted by molar-refractivity contribution is -0.384. The fraction of sp³-hybridized carbons (Fsp3) is 0.0435. The number of anilines is 1. The average Bonchev–Trinajstić information content (AvgIpc) is 3.08.